The number of thioether (sulfide) groups is 1. The lowest BCUT2D eigenvalue weighted by atomic mass is 10.2. The van der Waals surface area contributed by atoms with E-state index < -0.39 is 5.97 Å². The molecule has 1 aromatic heterocycles. The van der Waals surface area contributed by atoms with Crippen molar-refractivity contribution in [1.82, 2.24) is 9.47 Å². The molecule has 0 spiro atoms. The Hall–Kier alpha value is -1.66. The number of fused-ring (bicyclic) bond motifs is 1. The highest BCUT2D eigenvalue weighted by Gasteiger charge is 2.22. The van der Waals surface area contributed by atoms with Gasteiger partial charge in [0.15, 0.2) is 0 Å². The highest BCUT2D eigenvalue weighted by atomic mass is 32.2. The van der Waals surface area contributed by atoms with E-state index in [2.05, 4.69) is 11.9 Å². The van der Waals surface area contributed by atoms with E-state index >= 15 is 0 Å². The first-order valence-electron chi connectivity index (χ1n) is 7.25. The van der Waals surface area contributed by atoms with Gasteiger partial charge in [0.05, 0.1) is 5.52 Å². The first-order valence-corrected chi connectivity index (χ1v) is 8.48. The van der Waals surface area contributed by atoms with Crippen LogP contribution < -0.4 is 4.74 Å². The van der Waals surface area contributed by atoms with Gasteiger partial charge >= 0.3 is 5.97 Å². The maximum atomic E-state index is 11.3. The van der Waals surface area contributed by atoms with Gasteiger partial charge in [-0.15, -0.1) is 11.8 Å². The fourth-order valence-corrected chi connectivity index (χ4v) is 3.73. The Morgan fingerprint density at radius 1 is 1.36 bits per heavy atom. The molecule has 118 valence electrons. The predicted molar refractivity (Wildman–Crippen MR) is 88.2 cm³/mol. The number of aromatic nitrogens is 1. The van der Waals surface area contributed by atoms with E-state index in [1.165, 1.54) is 0 Å². The number of aryl methyl sites for hydroxylation is 1. The van der Waals surface area contributed by atoms with Gasteiger partial charge in [-0.1, -0.05) is 0 Å². The Balaban J connectivity index is 2.01. The van der Waals surface area contributed by atoms with Crippen LogP contribution in [0.5, 0.6) is 5.75 Å². The maximum Gasteiger partial charge on any atom is 0.352 e. The molecule has 1 aromatic carbocycles. The maximum absolute atomic E-state index is 11.3. The second-order valence-electron chi connectivity index (χ2n) is 5.75. The number of carbonyl (C=O) groups is 1. The minimum Gasteiger partial charge on any atom is -0.489 e. The number of carboxylic acid groups (broad SMARTS) is 1. The van der Waals surface area contributed by atoms with E-state index in [1.807, 2.05) is 18.4 Å². The first-order chi connectivity index (χ1) is 10.5. The largest absolute Gasteiger partial charge is 0.489 e. The van der Waals surface area contributed by atoms with Gasteiger partial charge in [0.2, 0.25) is 0 Å². The zero-order valence-electron chi connectivity index (χ0n) is 13.0. The average molecular weight is 320 g/mol. The summed E-state index contributed by atoms with van der Waals surface area (Å²) in [5, 5.41) is 10.2. The van der Waals surface area contributed by atoms with Crippen molar-refractivity contribution in [2.45, 2.75) is 17.4 Å². The molecule has 0 amide bonds. The zero-order valence-corrected chi connectivity index (χ0v) is 13.8. The van der Waals surface area contributed by atoms with Gasteiger partial charge in [-0.2, -0.15) is 0 Å². The van der Waals surface area contributed by atoms with Crippen LogP contribution in [0.25, 0.3) is 10.9 Å². The monoisotopic (exact) mass is 320 g/mol. The molecule has 2 heterocycles. The summed E-state index contributed by atoms with van der Waals surface area (Å²) in [4.78, 5) is 14.6. The molecule has 0 bridgehead atoms. The molecule has 5 nitrogen and oxygen atoms in total. The van der Waals surface area contributed by atoms with Gasteiger partial charge in [-0.3, -0.25) is 0 Å². The number of likely N-dealkylation sites (N-methyl/N-ethyl adjacent to an activating group) is 1. The van der Waals surface area contributed by atoms with Crippen molar-refractivity contribution in [2.24, 2.45) is 7.05 Å². The molecule has 0 saturated carbocycles. The number of hydrogen-bond donors (Lipinski definition) is 1. The number of likely N-dealkylation sites (tertiary alicyclic amines) is 1. The van der Waals surface area contributed by atoms with Crippen molar-refractivity contribution in [3.8, 4) is 5.75 Å². The van der Waals surface area contributed by atoms with E-state index in [4.69, 9.17) is 4.74 Å². The normalized spacial score (nSPS) is 19.0. The third-order valence-electron chi connectivity index (χ3n) is 4.16. The van der Waals surface area contributed by atoms with Gasteiger partial charge in [-0.05, 0) is 37.9 Å². The number of ether oxygens (including phenoxy) is 1. The molecule has 6 heteroatoms. The predicted octanol–water partition coefficient (Wildman–Crippen LogP) is 2.68. The summed E-state index contributed by atoms with van der Waals surface area (Å²) in [6.45, 7) is 1.98. The summed E-state index contributed by atoms with van der Waals surface area (Å²) in [5.74, 6) is -0.0923. The second-order valence-corrected chi connectivity index (χ2v) is 6.60. The lowest BCUT2D eigenvalue weighted by molar-refractivity contribution is 0.0687. The molecule has 0 radical (unpaired) electrons. The molecule has 2 aromatic rings. The molecular weight excluding hydrogens is 300 g/mol. The average Bonchev–Trinajstić information content (AvgIpc) is 3.02. The number of nitrogens with zero attached hydrogens (tertiary/aromatic N) is 2. The van der Waals surface area contributed by atoms with Crippen molar-refractivity contribution in [2.75, 3.05) is 26.4 Å². The third kappa shape index (κ3) is 2.68. The number of hydrogen-bond acceptors (Lipinski definition) is 4. The number of carboxylic acids is 1. The van der Waals surface area contributed by atoms with E-state index in [0.717, 1.165) is 41.1 Å². The van der Waals surface area contributed by atoms with Crippen molar-refractivity contribution < 1.29 is 14.6 Å². The molecule has 1 saturated heterocycles. The highest BCUT2D eigenvalue weighted by molar-refractivity contribution is 7.98. The van der Waals surface area contributed by atoms with Gasteiger partial charge in [0.1, 0.15) is 17.5 Å². The quantitative estimate of drug-likeness (QED) is 0.878. The fourth-order valence-electron chi connectivity index (χ4n) is 3.05. The first kappa shape index (κ1) is 15.2. The van der Waals surface area contributed by atoms with Crippen molar-refractivity contribution in [3.63, 3.8) is 0 Å². The lowest BCUT2D eigenvalue weighted by Crippen LogP contribution is -2.21. The Bertz CT molecular complexity index is 726. The third-order valence-corrected chi connectivity index (χ3v) is 4.91. The molecule has 1 aliphatic heterocycles. The van der Waals surface area contributed by atoms with Crippen molar-refractivity contribution >= 4 is 28.6 Å². The smallest absolute Gasteiger partial charge is 0.352 e. The van der Waals surface area contributed by atoms with Crippen LogP contribution in [-0.2, 0) is 7.05 Å². The highest BCUT2D eigenvalue weighted by Crippen LogP contribution is 2.34. The Labute approximate surface area is 133 Å². The molecule has 1 atom stereocenters. The van der Waals surface area contributed by atoms with E-state index in [9.17, 15) is 9.90 Å². The van der Waals surface area contributed by atoms with Crippen LogP contribution in [0.2, 0.25) is 0 Å². The van der Waals surface area contributed by atoms with E-state index in [-0.39, 0.29) is 6.10 Å². The number of benzene rings is 1. The lowest BCUT2D eigenvalue weighted by Gasteiger charge is -2.15. The summed E-state index contributed by atoms with van der Waals surface area (Å²) in [6, 6.07) is 5.67. The fraction of sp³-hybridized carbons (Fsp3) is 0.438. The van der Waals surface area contributed by atoms with Crippen LogP contribution in [0.3, 0.4) is 0 Å². The molecule has 1 unspecified atom stereocenters. The second kappa shape index (κ2) is 5.85. The van der Waals surface area contributed by atoms with Gasteiger partial charge in [0.25, 0.3) is 0 Å². The van der Waals surface area contributed by atoms with E-state index in [0.29, 0.717) is 5.69 Å². The summed E-state index contributed by atoms with van der Waals surface area (Å²) in [7, 11) is 3.88. The molecule has 1 aliphatic rings. The summed E-state index contributed by atoms with van der Waals surface area (Å²) >= 11 is 1.61. The summed E-state index contributed by atoms with van der Waals surface area (Å²) < 4.78 is 7.83. The minimum atomic E-state index is -0.911. The topological polar surface area (TPSA) is 54.7 Å². The van der Waals surface area contributed by atoms with E-state index in [1.54, 1.807) is 29.4 Å². The van der Waals surface area contributed by atoms with Crippen LogP contribution in [-0.4, -0.2) is 53.0 Å². The van der Waals surface area contributed by atoms with Gasteiger partial charge in [0, 0.05) is 30.4 Å². The Morgan fingerprint density at radius 2 is 2.14 bits per heavy atom. The van der Waals surface area contributed by atoms with Crippen LogP contribution in [0.1, 0.15) is 16.9 Å². The molecular formula is C16H20N2O3S. The number of aromatic carboxylic acids is 1. The Kier molecular flexibility index (Phi) is 4.06. The minimum absolute atomic E-state index is 0.208. The molecule has 1 fully saturated rings. The SMILES string of the molecule is CSc1cc(OC2CCN(C)C2)cc2cc(C(=O)O)n(C)c12. The molecule has 0 aliphatic carbocycles. The Morgan fingerprint density at radius 3 is 2.73 bits per heavy atom. The van der Waals surface area contributed by atoms with Crippen LogP contribution >= 0.6 is 11.8 Å². The number of rotatable bonds is 4. The van der Waals surface area contributed by atoms with Gasteiger partial charge in [-0.25, -0.2) is 4.79 Å². The summed E-state index contributed by atoms with van der Waals surface area (Å²) in [5.41, 5.74) is 1.24. The van der Waals surface area contributed by atoms with Crippen molar-refractivity contribution in [3.05, 3.63) is 23.9 Å². The molecule has 22 heavy (non-hydrogen) atoms. The molecule has 1 N–H and O–H groups in total. The summed E-state index contributed by atoms with van der Waals surface area (Å²) in [6.07, 6.45) is 3.23. The molecule has 3 rings (SSSR count). The van der Waals surface area contributed by atoms with Crippen LogP contribution in [0.4, 0.5) is 0 Å². The zero-order chi connectivity index (χ0) is 15.9. The van der Waals surface area contributed by atoms with Crippen LogP contribution in [0, 0.1) is 0 Å². The van der Waals surface area contributed by atoms with Gasteiger partial charge < -0.3 is 19.3 Å². The standard InChI is InChI=1S/C16H20N2O3S/c1-17-5-4-11(9-17)21-12-6-10-7-13(16(19)20)18(2)15(10)14(8-12)22-3/h6-8,11H,4-5,9H2,1-3H3,(H,19,20). The van der Waals surface area contributed by atoms with Crippen LogP contribution in [0.15, 0.2) is 23.1 Å². The van der Waals surface area contributed by atoms with Crippen molar-refractivity contribution in [1.29, 1.82) is 0 Å².